The van der Waals surface area contributed by atoms with Gasteiger partial charge in [-0.15, -0.1) is 11.8 Å². The molecule has 1 nitrogen and oxygen atoms in total. The van der Waals surface area contributed by atoms with Gasteiger partial charge in [0.2, 0.25) is 0 Å². The molecule has 0 radical (unpaired) electrons. The molecular weight excluding hydrogens is 276 g/mol. The lowest BCUT2D eigenvalue weighted by Gasteiger charge is -2.12. The maximum Gasteiger partial charge on any atom is 0.159 e. The lowest BCUT2D eigenvalue weighted by Crippen LogP contribution is -2.25. The van der Waals surface area contributed by atoms with Crippen LogP contribution in [0.15, 0.2) is 47.4 Å². The summed E-state index contributed by atoms with van der Waals surface area (Å²) in [6.45, 7) is 2.06. The van der Waals surface area contributed by atoms with E-state index in [1.54, 1.807) is 17.8 Å². The van der Waals surface area contributed by atoms with E-state index in [0.29, 0.717) is 6.42 Å². The van der Waals surface area contributed by atoms with Crippen LogP contribution >= 0.6 is 11.8 Å². The third-order valence-electron chi connectivity index (χ3n) is 3.03. The summed E-state index contributed by atoms with van der Waals surface area (Å²) in [4.78, 5) is 1.20. The molecule has 2 aromatic carbocycles. The summed E-state index contributed by atoms with van der Waals surface area (Å²) in [5, 5.41) is 0. The summed E-state index contributed by atoms with van der Waals surface area (Å²) < 4.78 is 26.0. The molecular formula is C16H17F2NS. The number of benzene rings is 2. The van der Waals surface area contributed by atoms with Gasteiger partial charge in [0.05, 0.1) is 0 Å². The molecule has 2 rings (SSSR count). The molecule has 2 aromatic rings. The fourth-order valence-electron chi connectivity index (χ4n) is 1.94. The van der Waals surface area contributed by atoms with E-state index in [1.807, 2.05) is 12.1 Å². The Hall–Kier alpha value is -1.39. The Kier molecular flexibility index (Phi) is 5.15. The molecule has 0 spiro atoms. The second-order valence-corrected chi connectivity index (χ2v) is 5.85. The molecule has 20 heavy (non-hydrogen) atoms. The van der Waals surface area contributed by atoms with Crippen molar-refractivity contribution in [3.8, 4) is 0 Å². The Bertz CT molecular complexity index is 586. The van der Waals surface area contributed by atoms with Crippen molar-refractivity contribution in [3.63, 3.8) is 0 Å². The molecule has 4 heteroatoms. The summed E-state index contributed by atoms with van der Waals surface area (Å²) in [5.74, 6) is -0.901. The molecule has 2 N–H and O–H groups in total. The van der Waals surface area contributed by atoms with Gasteiger partial charge in [-0.05, 0) is 42.7 Å². The average Bonchev–Trinajstić information content (AvgIpc) is 2.42. The first kappa shape index (κ1) is 15.0. The molecule has 0 bridgehead atoms. The molecule has 0 saturated carbocycles. The zero-order valence-corrected chi connectivity index (χ0v) is 12.1. The van der Waals surface area contributed by atoms with E-state index < -0.39 is 11.6 Å². The predicted octanol–water partition coefficient (Wildman–Crippen LogP) is 3.94. The highest BCUT2D eigenvalue weighted by molar-refractivity contribution is 7.99. The highest BCUT2D eigenvalue weighted by Crippen LogP contribution is 2.23. The highest BCUT2D eigenvalue weighted by atomic mass is 32.2. The Morgan fingerprint density at radius 2 is 1.85 bits per heavy atom. The number of rotatable bonds is 5. The van der Waals surface area contributed by atoms with Crippen LogP contribution < -0.4 is 5.73 Å². The third-order valence-corrected chi connectivity index (χ3v) is 4.39. The van der Waals surface area contributed by atoms with Crippen LogP contribution in [0.25, 0.3) is 0 Å². The van der Waals surface area contributed by atoms with E-state index in [2.05, 4.69) is 19.1 Å². The smallest absolute Gasteiger partial charge is 0.159 e. The number of hydrogen-bond acceptors (Lipinski definition) is 2. The number of thioether (sulfide) groups is 1. The minimum atomic E-state index is -0.823. The number of nitrogens with two attached hydrogens (primary N) is 1. The van der Waals surface area contributed by atoms with Gasteiger partial charge in [-0.2, -0.15) is 0 Å². The van der Waals surface area contributed by atoms with Crippen molar-refractivity contribution in [2.45, 2.75) is 24.3 Å². The van der Waals surface area contributed by atoms with Crippen molar-refractivity contribution >= 4 is 11.8 Å². The molecule has 0 aliphatic carbocycles. The van der Waals surface area contributed by atoms with Gasteiger partial charge in [0.15, 0.2) is 11.6 Å². The van der Waals surface area contributed by atoms with Gasteiger partial charge in [0.1, 0.15) is 0 Å². The van der Waals surface area contributed by atoms with Gasteiger partial charge < -0.3 is 5.73 Å². The summed E-state index contributed by atoms with van der Waals surface area (Å²) in [6, 6.07) is 12.0. The molecule has 0 aliphatic heterocycles. The van der Waals surface area contributed by atoms with Crippen LogP contribution in [-0.4, -0.2) is 11.8 Å². The second kappa shape index (κ2) is 6.86. The molecule has 0 aliphatic rings. The Labute approximate surface area is 122 Å². The van der Waals surface area contributed by atoms with Gasteiger partial charge >= 0.3 is 0 Å². The van der Waals surface area contributed by atoms with Gasteiger partial charge in [-0.25, -0.2) is 8.78 Å². The van der Waals surface area contributed by atoms with E-state index in [0.717, 1.165) is 17.4 Å². The van der Waals surface area contributed by atoms with Crippen LogP contribution in [0.1, 0.15) is 11.1 Å². The summed E-state index contributed by atoms with van der Waals surface area (Å²) in [5.41, 5.74) is 8.00. The Morgan fingerprint density at radius 3 is 2.55 bits per heavy atom. The van der Waals surface area contributed by atoms with Crippen molar-refractivity contribution in [1.29, 1.82) is 0 Å². The summed E-state index contributed by atoms with van der Waals surface area (Å²) in [7, 11) is 0. The highest BCUT2D eigenvalue weighted by Gasteiger charge is 2.09. The van der Waals surface area contributed by atoms with E-state index in [-0.39, 0.29) is 6.04 Å². The first-order valence-corrected chi connectivity index (χ1v) is 7.43. The Balaban J connectivity index is 1.91. The number of halogens is 2. The quantitative estimate of drug-likeness (QED) is 0.845. The monoisotopic (exact) mass is 293 g/mol. The molecule has 0 amide bonds. The minimum absolute atomic E-state index is 0.0931. The van der Waals surface area contributed by atoms with Crippen molar-refractivity contribution in [3.05, 3.63) is 65.2 Å². The minimum Gasteiger partial charge on any atom is -0.327 e. The molecule has 1 atom stereocenters. The third kappa shape index (κ3) is 4.05. The van der Waals surface area contributed by atoms with Gasteiger partial charge in [-0.1, -0.05) is 24.3 Å². The van der Waals surface area contributed by atoms with Crippen molar-refractivity contribution in [1.82, 2.24) is 0 Å². The van der Waals surface area contributed by atoms with Crippen LogP contribution in [0.2, 0.25) is 0 Å². The van der Waals surface area contributed by atoms with Crippen LogP contribution in [0.4, 0.5) is 8.78 Å². The summed E-state index contributed by atoms with van der Waals surface area (Å²) >= 11 is 1.69. The van der Waals surface area contributed by atoms with Gasteiger partial charge in [0.25, 0.3) is 0 Å². The van der Waals surface area contributed by atoms with Crippen molar-refractivity contribution in [2.75, 3.05) is 5.75 Å². The predicted molar refractivity (Wildman–Crippen MR) is 79.9 cm³/mol. The Morgan fingerprint density at radius 1 is 1.10 bits per heavy atom. The fourth-order valence-corrected chi connectivity index (χ4v) is 2.93. The standard InChI is InChI=1S/C16H17F2NS/c1-11-4-2-3-5-16(11)20-10-13(19)8-12-6-7-14(17)15(18)9-12/h2-7,9,13H,8,10,19H2,1H3. The first-order chi connectivity index (χ1) is 9.56. The largest absolute Gasteiger partial charge is 0.327 e. The molecule has 106 valence electrons. The van der Waals surface area contributed by atoms with E-state index >= 15 is 0 Å². The molecule has 0 heterocycles. The first-order valence-electron chi connectivity index (χ1n) is 6.44. The SMILES string of the molecule is Cc1ccccc1SCC(N)Cc1ccc(F)c(F)c1. The normalized spacial score (nSPS) is 12.4. The van der Waals surface area contributed by atoms with E-state index in [4.69, 9.17) is 5.73 Å². The molecule has 0 fully saturated rings. The van der Waals surface area contributed by atoms with E-state index in [9.17, 15) is 8.78 Å². The average molecular weight is 293 g/mol. The fraction of sp³-hybridized carbons (Fsp3) is 0.250. The maximum atomic E-state index is 13.1. The van der Waals surface area contributed by atoms with E-state index in [1.165, 1.54) is 16.5 Å². The summed E-state index contributed by atoms with van der Waals surface area (Å²) in [6.07, 6.45) is 0.538. The maximum absolute atomic E-state index is 13.1. The molecule has 0 saturated heterocycles. The second-order valence-electron chi connectivity index (χ2n) is 4.79. The van der Waals surface area contributed by atoms with Crippen LogP contribution in [0.5, 0.6) is 0 Å². The van der Waals surface area contributed by atoms with Crippen molar-refractivity contribution in [2.24, 2.45) is 5.73 Å². The molecule has 1 unspecified atom stereocenters. The number of hydrogen-bond donors (Lipinski definition) is 1. The zero-order chi connectivity index (χ0) is 14.5. The number of aryl methyl sites for hydroxylation is 1. The zero-order valence-electron chi connectivity index (χ0n) is 11.3. The van der Waals surface area contributed by atoms with Crippen LogP contribution in [-0.2, 0) is 6.42 Å². The molecule has 0 aromatic heterocycles. The topological polar surface area (TPSA) is 26.0 Å². The van der Waals surface area contributed by atoms with Gasteiger partial charge in [-0.3, -0.25) is 0 Å². The van der Waals surface area contributed by atoms with Crippen molar-refractivity contribution < 1.29 is 8.78 Å². The lowest BCUT2D eigenvalue weighted by molar-refractivity contribution is 0.506. The van der Waals surface area contributed by atoms with Crippen LogP contribution in [0, 0.1) is 18.6 Å². The lowest BCUT2D eigenvalue weighted by atomic mass is 10.1. The van der Waals surface area contributed by atoms with Crippen LogP contribution in [0.3, 0.4) is 0 Å². The van der Waals surface area contributed by atoms with Gasteiger partial charge in [0, 0.05) is 16.7 Å².